The number of rotatable bonds is 5. The Morgan fingerprint density at radius 3 is 2.95 bits per heavy atom. The van der Waals surface area contributed by atoms with E-state index in [4.69, 9.17) is 10.5 Å². The Kier molecular flexibility index (Phi) is 4.10. The maximum Gasteiger partial charge on any atom is 0.267 e. The topological polar surface area (TPSA) is 80.1 Å². The van der Waals surface area contributed by atoms with E-state index in [1.807, 2.05) is 24.3 Å². The number of fused-ring (bicyclic) bond motifs is 1. The lowest BCUT2D eigenvalue weighted by Crippen LogP contribution is -2.28. The third-order valence-corrected chi connectivity index (χ3v) is 3.93. The predicted molar refractivity (Wildman–Crippen MR) is 83.3 cm³/mol. The Morgan fingerprint density at radius 1 is 1.33 bits per heavy atom. The van der Waals surface area contributed by atoms with Crippen LogP contribution >= 0.6 is 0 Å². The van der Waals surface area contributed by atoms with Crippen molar-refractivity contribution in [3.63, 3.8) is 0 Å². The second kappa shape index (κ2) is 6.18. The maximum atomic E-state index is 12.1. The van der Waals surface area contributed by atoms with Crippen LogP contribution in [-0.2, 0) is 4.74 Å². The van der Waals surface area contributed by atoms with Gasteiger partial charge in [-0.15, -0.1) is 0 Å². The van der Waals surface area contributed by atoms with Crippen LogP contribution in [0, 0.1) is 0 Å². The van der Waals surface area contributed by atoms with Crippen LogP contribution < -0.4 is 11.1 Å². The molecule has 1 aliphatic carbocycles. The van der Waals surface area contributed by atoms with Crippen LogP contribution in [0.5, 0.6) is 0 Å². The first kappa shape index (κ1) is 13.9. The van der Waals surface area contributed by atoms with Gasteiger partial charge in [-0.25, -0.2) is 0 Å². The Labute approximate surface area is 123 Å². The first-order valence-corrected chi connectivity index (χ1v) is 7.50. The SMILES string of the molecule is Nc1ccc2[nH]c(C(=O)NCCOC3CCCC3)cc2c1. The molecule has 0 aliphatic heterocycles. The standard InChI is InChI=1S/C16H21N3O2/c17-12-5-6-14-11(9-12)10-15(19-14)16(20)18-7-8-21-13-3-1-2-4-13/h5-6,9-10,13,19H,1-4,7-8,17H2,(H,18,20). The summed E-state index contributed by atoms with van der Waals surface area (Å²) in [7, 11) is 0. The van der Waals surface area contributed by atoms with Crippen molar-refractivity contribution in [1.29, 1.82) is 0 Å². The minimum atomic E-state index is -0.111. The van der Waals surface area contributed by atoms with Crippen LogP contribution in [0.4, 0.5) is 5.69 Å². The zero-order valence-corrected chi connectivity index (χ0v) is 12.0. The van der Waals surface area contributed by atoms with E-state index in [2.05, 4.69) is 10.3 Å². The second-order valence-electron chi connectivity index (χ2n) is 5.56. The number of nitrogen functional groups attached to an aromatic ring is 1. The first-order chi connectivity index (χ1) is 10.2. The van der Waals surface area contributed by atoms with E-state index in [0.717, 1.165) is 23.7 Å². The van der Waals surface area contributed by atoms with Gasteiger partial charge >= 0.3 is 0 Å². The van der Waals surface area contributed by atoms with Crippen molar-refractivity contribution in [1.82, 2.24) is 10.3 Å². The molecule has 1 heterocycles. The normalized spacial score (nSPS) is 15.6. The van der Waals surface area contributed by atoms with Gasteiger partial charge in [0.05, 0.1) is 12.7 Å². The van der Waals surface area contributed by atoms with Crippen LogP contribution in [0.1, 0.15) is 36.2 Å². The second-order valence-corrected chi connectivity index (χ2v) is 5.56. The van der Waals surface area contributed by atoms with Crippen molar-refractivity contribution in [2.45, 2.75) is 31.8 Å². The minimum absolute atomic E-state index is 0.111. The number of nitrogens with two attached hydrogens (primary N) is 1. The lowest BCUT2D eigenvalue weighted by Gasteiger charge is -2.11. The predicted octanol–water partition coefficient (Wildman–Crippen LogP) is 2.44. The number of hydrogen-bond donors (Lipinski definition) is 3. The number of anilines is 1. The smallest absolute Gasteiger partial charge is 0.267 e. The number of aromatic amines is 1. The molecule has 0 radical (unpaired) electrons. The van der Waals surface area contributed by atoms with Crippen molar-refractivity contribution in [3.8, 4) is 0 Å². The number of H-pyrrole nitrogens is 1. The molecule has 0 spiro atoms. The molecule has 112 valence electrons. The summed E-state index contributed by atoms with van der Waals surface area (Å²) in [6.07, 6.45) is 5.21. The summed E-state index contributed by atoms with van der Waals surface area (Å²) in [5.74, 6) is -0.111. The van der Waals surface area contributed by atoms with E-state index in [9.17, 15) is 4.79 Å². The third kappa shape index (κ3) is 3.36. The van der Waals surface area contributed by atoms with Crippen LogP contribution in [0.2, 0.25) is 0 Å². The molecular formula is C16H21N3O2. The van der Waals surface area contributed by atoms with Gasteiger partial charge in [-0.3, -0.25) is 4.79 Å². The van der Waals surface area contributed by atoms with Crippen LogP contribution in [-0.4, -0.2) is 30.1 Å². The molecule has 1 aliphatic rings. The van der Waals surface area contributed by atoms with Crippen molar-refractivity contribution < 1.29 is 9.53 Å². The fourth-order valence-corrected chi connectivity index (χ4v) is 2.81. The van der Waals surface area contributed by atoms with Gasteiger partial charge in [0.1, 0.15) is 5.69 Å². The van der Waals surface area contributed by atoms with Gasteiger partial charge < -0.3 is 20.8 Å². The molecule has 2 aromatic rings. The molecule has 5 nitrogen and oxygen atoms in total. The Bertz CT molecular complexity index is 629. The molecule has 0 unspecified atom stereocenters. The summed E-state index contributed by atoms with van der Waals surface area (Å²) >= 11 is 0. The fraction of sp³-hybridized carbons (Fsp3) is 0.438. The van der Waals surface area contributed by atoms with E-state index in [1.165, 1.54) is 12.8 Å². The summed E-state index contributed by atoms with van der Waals surface area (Å²) in [6.45, 7) is 1.11. The highest BCUT2D eigenvalue weighted by Crippen LogP contribution is 2.20. The molecule has 5 heteroatoms. The highest BCUT2D eigenvalue weighted by molar-refractivity contribution is 5.98. The van der Waals surface area contributed by atoms with Crippen molar-refractivity contribution in [2.24, 2.45) is 0 Å². The van der Waals surface area contributed by atoms with E-state index >= 15 is 0 Å². The van der Waals surface area contributed by atoms with Gasteiger partial charge in [-0.1, -0.05) is 12.8 Å². The van der Waals surface area contributed by atoms with E-state index < -0.39 is 0 Å². The number of aromatic nitrogens is 1. The van der Waals surface area contributed by atoms with Crippen molar-refractivity contribution >= 4 is 22.5 Å². The zero-order valence-electron chi connectivity index (χ0n) is 12.0. The molecular weight excluding hydrogens is 266 g/mol. The molecule has 4 N–H and O–H groups in total. The van der Waals surface area contributed by atoms with Gasteiger partial charge in [-0.2, -0.15) is 0 Å². The first-order valence-electron chi connectivity index (χ1n) is 7.50. The highest BCUT2D eigenvalue weighted by atomic mass is 16.5. The molecule has 1 fully saturated rings. The molecule has 3 rings (SSSR count). The van der Waals surface area contributed by atoms with Gasteiger partial charge in [0.2, 0.25) is 0 Å². The number of ether oxygens (including phenoxy) is 1. The Balaban J connectivity index is 1.51. The van der Waals surface area contributed by atoms with Crippen LogP contribution in [0.3, 0.4) is 0 Å². The lowest BCUT2D eigenvalue weighted by atomic mass is 10.2. The molecule has 1 aromatic heterocycles. The van der Waals surface area contributed by atoms with Crippen molar-refractivity contribution in [3.05, 3.63) is 30.0 Å². The summed E-state index contributed by atoms with van der Waals surface area (Å²) in [5.41, 5.74) is 7.89. The van der Waals surface area contributed by atoms with Crippen LogP contribution in [0.25, 0.3) is 10.9 Å². The molecule has 0 atom stereocenters. The number of carbonyl (C=O) groups is 1. The molecule has 1 amide bonds. The Morgan fingerprint density at radius 2 is 2.14 bits per heavy atom. The molecule has 0 saturated heterocycles. The largest absolute Gasteiger partial charge is 0.399 e. The summed E-state index contributed by atoms with van der Waals surface area (Å²) in [4.78, 5) is 15.2. The van der Waals surface area contributed by atoms with E-state index in [1.54, 1.807) is 0 Å². The Hall–Kier alpha value is -2.01. The quantitative estimate of drug-likeness (QED) is 0.583. The van der Waals surface area contributed by atoms with Crippen LogP contribution in [0.15, 0.2) is 24.3 Å². The number of carbonyl (C=O) groups excluding carboxylic acids is 1. The lowest BCUT2D eigenvalue weighted by molar-refractivity contribution is 0.0581. The average Bonchev–Trinajstić information content (AvgIpc) is 3.11. The highest BCUT2D eigenvalue weighted by Gasteiger charge is 2.15. The van der Waals surface area contributed by atoms with Gasteiger partial charge in [0.15, 0.2) is 0 Å². The summed E-state index contributed by atoms with van der Waals surface area (Å²) < 4.78 is 5.72. The fourth-order valence-electron chi connectivity index (χ4n) is 2.81. The van der Waals surface area contributed by atoms with Gasteiger partial charge in [0.25, 0.3) is 5.91 Å². The monoisotopic (exact) mass is 287 g/mol. The molecule has 1 saturated carbocycles. The van der Waals surface area contributed by atoms with Crippen molar-refractivity contribution in [2.75, 3.05) is 18.9 Å². The molecule has 21 heavy (non-hydrogen) atoms. The number of hydrogen-bond acceptors (Lipinski definition) is 3. The van der Waals surface area contributed by atoms with Gasteiger partial charge in [0, 0.05) is 23.1 Å². The molecule has 0 bridgehead atoms. The van der Waals surface area contributed by atoms with E-state index in [0.29, 0.717) is 30.6 Å². The zero-order chi connectivity index (χ0) is 14.7. The summed E-state index contributed by atoms with van der Waals surface area (Å²) in [6, 6.07) is 7.37. The van der Waals surface area contributed by atoms with E-state index in [-0.39, 0.29) is 5.91 Å². The minimum Gasteiger partial charge on any atom is -0.399 e. The third-order valence-electron chi connectivity index (χ3n) is 3.93. The number of amides is 1. The van der Waals surface area contributed by atoms with Gasteiger partial charge in [-0.05, 0) is 37.1 Å². The summed E-state index contributed by atoms with van der Waals surface area (Å²) in [5, 5.41) is 3.82. The molecule has 1 aromatic carbocycles. The number of nitrogens with one attached hydrogen (secondary N) is 2. The average molecular weight is 287 g/mol. The maximum absolute atomic E-state index is 12.1. The number of benzene rings is 1.